The van der Waals surface area contributed by atoms with Gasteiger partial charge < -0.3 is 14.5 Å². The van der Waals surface area contributed by atoms with Crippen LogP contribution in [0.25, 0.3) is 0 Å². The van der Waals surface area contributed by atoms with E-state index in [4.69, 9.17) is 9.15 Å². The largest absolute Gasteiger partial charge is 0.452 e. The third kappa shape index (κ3) is 5.09. The maximum absolute atomic E-state index is 12.1. The number of carbonyl (C=O) groups is 2. The number of carbonyl (C=O) groups excluding carboxylic acids is 2. The minimum Gasteiger partial charge on any atom is -0.452 e. The van der Waals surface area contributed by atoms with Gasteiger partial charge >= 0.3 is 5.97 Å². The Kier molecular flexibility index (Phi) is 6.26. The van der Waals surface area contributed by atoms with Gasteiger partial charge in [-0.2, -0.15) is 5.10 Å². The highest BCUT2D eigenvalue weighted by Crippen LogP contribution is 2.14. The van der Waals surface area contributed by atoms with E-state index in [-0.39, 0.29) is 24.3 Å². The standard InChI is InChI=1S/C21H23N3O4/c1-3-16-5-7-17(8-6-16)15(2)23-20(25)14-27-21(26)19-10-9-18(28-19)13-24-12-4-11-22-24/h4-12,15H,3,13-14H2,1-2H3,(H,23,25). The average molecular weight is 381 g/mol. The summed E-state index contributed by atoms with van der Waals surface area (Å²) in [6.07, 6.45) is 4.42. The molecule has 0 aliphatic heterocycles. The number of amides is 1. The van der Waals surface area contributed by atoms with Crippen molar-refractivity contribution in [3.63, 3.8) is 0 Å². The Morgan fingerprint density at radius 3 is 2.68 bits per heavy atom. The van der Waals surface area contributed by atoms with Crippen LogP contribution < -0.4 is 5.32 Å². The van der Waals surface area contributed by atoms with Gasteiger partial charge in [0.25, 0.3) is 5.91 Å². The van der Waals surface area contributed by atoms with Crippen LogP contribution >= 0.6 is 0 Å². The maximum atomic E-state index is 12.1. The molecule has 0 aliphatic rings. The number of benzene rings is 1. The van der Waals surface area contributed by atoms with Crippen LogP contribution in [0, 0.1) is 0 Å². The zero-order chi connectivity index (χ0) is 19.9. The Balaban J connectivity index is 1.47. The first-order valence-corrected chi connectivity index (χ1v) is 9.16. The second-order valence-electron chi connectivity index (χ2n) is 6.43. The molecule has 0 spiro atoms. The number of rotatable bonds is 8. The third-order valence-electron chi connectivity index (χ3n) is 4.34. The lowest BCUT2D eigenvalue weighted by molar-refractivity contribution is -0.124. The second kappa shape index (κ2) is 9.03. The van der Waals surface area contributed by atoms with Crippen molar-refractivity contribution in [2.24, 2.45) is 0 Å². The predicted molar refractivity (Wildman–Crippen MR) is 103 cm³/mol. The van der Waals surface area contributed by atoms with E-state index in [9.17, 15) is 9.59 Å². The summed E-state index contributed by atoms with van der Waals surface area (Å²) in [5.41, 5.74) is 2.23. The van der Waals surface area contributed by atoms with Crippen LogP contribution in [-0.2, 0) is 22.5 Å². The number of nitrogens with one attached hydrogen (secondary N) is 1. The van der Waals surface area contributed by atoms with Crippen molar-refractivity contribution >= 4 is 11.9 Å². The molecule has 1 amide bonds. The molecule has 146 valence electrons. The Morgan fingerprint density at radius 2 is 2.00 bits per heavy atom. The minimum atomic E-state index is -0.679. The van der Waals surface area contributed by atoms with E-state index in [1.165, 1.54) is 11.6 Å². The van der Waals surface area contributed by atoms with Gasteiger partial charge in [-0.1, -0.05) is 31.2 Å². The van der Waals surface area contributed by atoms with E-state index in [1.54, 1.807) is 29.2 Å². The van der Waals surface area contributed by atoms with E-state index in [0.717, 1.165) is 12.0 Å². The SMILES string of the molecule is CCc1ccc(C(C)NC(=O)COC(=O)c2ccc(Cn3cccn3)o2)cc1. The van der Waals surface area contributed by atoms with Crippen LogP contribution in [0.3, 0.4) is 0 Å². The molecule has 3 aromatic rings. The van der Waals surface area contributed by atoms with E-state index in [1.807, 2.05) is 31.2 Å². The van der Waals surface area contributed by atoms with Crippen molar-refractivity contribution in [3.8, 4) is 0 Å². The van der Waals surface area contributed by atoms with Crippen LogP contribution in [-0.4, -0.2) is 28.3 Å². The number of hydrogen-bond acceptors (Lipinski definition) is 5. The van der Waals surface area contributed by atoms with Crippen LogP contribution in [0.2, 0.25) is 0 Å². The number of nitrogens with zero attached hydrogens (tertiary/aromatic N) is 2. The normalized spacial score (nSPS) is 11.8. The topological polar surface area (TPSA) is 86.4 Å². The Hall–Kier alpha value is -3.35. The van der Waals surface area contributed by atoms with Gasteiger partial charge in [0.05, 0.1) is 12.6 Å². The molecule has 0 fully saturated rings. The van der Waals surface area contributed by atoms with E-state index >= 15 is 0 Å². The molecule has 3 rings (SSSR count). The highest BCUT2D eigenvalue weighted by atomic mass is 16.5. The molecule has 0 radical (unpaired) electrons. The van der Waals surface area contributed by atoms with Gasteiger partial charge in [0.1, 0.15) is 5.76 Å². The fourth-order valence-corrected chi connectivity index (χ4v) is 2.74. The monoisotopic (exact) mass is 381 g/mol. The van der Waals surface area contributed by atoms with Gasteiger partial charge in [-0.15, -0.1) is 0 Å². The van der Waals surface area contributed by atoms with Gasteiger partial charge in [-0.25, -0.2) is 4.79 Å². The molecule has 2 heterocycles. The van der Waals surface area contributed by atoms with Gasteiger partial charge in [0, 0.05) is 12.4 Å². The molecule has 0 saturated heterocycles. The van der Waals surface area contributed by atoms with E-state index in [0.29, 0.717) is 12.3 Å². The highest BCUT2D eigenvalue weighted by molar-refractivity contribution is 5.88. The van der Waals surface area contributed by atoms with Crippen LogP contribution in [0.15, 0.2) is 59.3 Å². The number of furan rings is 1. The summed E-state index contributed by atoms with van der Waals surface area (Å²) >= 11 is 0. The molecule has 1 N–H and O–H groups in total. The third-order valence-corrected chi connectivity index (χ3v) is 4.34. The number of aromatic nitrogens is 2. The van der Waals surface area contributed by atoms with Crippen molar-refractivity contribution in [2.45, 2.75) is 32.9 Å². The van der Waals surface area contributed by atoms with Crippen molar-refractivity contribution in [1.82, 2.24) is 15.1 Å². The van der Waals surface area contributed by atoms with E-state index in [2.05, 4.69) is 17.3 Å². The summed E-state index contributed by atoms with van der Waals surface area (Å²) in [4.78, 5) is 24.1. The summed E-state index contributed by atoms with van der Waals surface area (Å²) in [7, 11) is 0. The average Bonchev–Trinajstić information content (AvgIpc) is 3.38. The first-order valence-electron chi connectivity index (χ1n) is 9.16. The van der Waals surface area contributed by atoms with E-state index < -0.39 is 5.97 Å². The maximum Gasteiger partial charge on any atom is 0.374 e. The number of aryl methyl sites for hydroxylation is 1. The summed E-state index contributed by atoms with van der Waals surface area (Å²) in [5, 5.41) is 6.89. The second-order valence-corrected chi connectivity index (χ2v) is 6.43. The zero-order valence-corrected chi connectivity index (χ0v) is 15.9. The molecule has 0 aliphatic carbocycles. The molecule has 7 nitrogen and oxygen atoms in total. The molecule has 7 heteroatoms. The number of esters is 1. The molecular weight excluding hydrogens is 358 g/mol. The van der Waals surface area contributed by atoms with Crippen LogP contribution in [0.5, 0.6) is 0 Å². The summed E-state index contributed by atoms with van der Waals surface area (Å²) in [6.45, 7) is 4.02. The molecule has 2 aromatic heterocycles. The quantitative estimate of drug-likeness (QED) is 0.606. The first kappa shape index (κ1) is 19.4. The predicted octanol–water partition coefficient (Wildman–Crippen LogP) is 3.12. The highest BCUT2D eigenvalue weighted by Gasteiger charge is 2.16. The summed E-state index contributed by atoms with van der Waals surface area (Å²) in [6, 6.07) is 12.9. The molecule has 0 saturated carbocycles. The van der Waals surface area contributed by atoms with Gasteiger partial charge in [-0.3, -0.25) is 9.48 Å². The number of hydrogen-bond donors (Lipinski definition) is 1. The molecule has 0 bridgehead atoms. The van der Waals surface area contributed by atoms with Crippen molar-refractivity contribution in [3.05, 3.63) is 77.5 Å². The summed E-state index contributed by atoms with van der Waals surface area (Å²) < 4.78 is 12.2. The Bertz CT molecular complexity index is 914. The number of ether oxygens (including phenoxy) is 1. The lowest BCUT2D eigenvalue weighted by Gasteiger charge is -2.14. The van der Waals surface area contributed by atoms with Crippen molar-refractivity contribution in [1.29, 1.82) is 0 Å². The van der Waals surface area contributed by atoms with Gasteiger partial charge in [0.2, 0.25) is 5.76 Å². The van der Waals surface area contributed by atoms with Crippen molar-refractivity contribution in [2.75, 3.05) is 6.61 Å². The fourth-order valence-electron chi connectivity index (χ4n) is 2.74. The minimum absolute atomic E-state index is 0.0539. The summed E-state index contributed by atoms with van der Waals surface area (Å²) in [5.74, 6) is -0.423. The Morgan fingerprint density at radius 1 is 1.21 bits per heavy atom. The fraction of sp³-hybridized carbons (Fsp3) is 0.286. The molecule has 28 heavy (non-hydrogen) atoms. The Labute approximate surface area is 163 Å². The molecule has 1 atom stereocenters. The zero-order valence-electron chi connectivity index (χ0n) is 15.9. The van der Waals surface area contributed by atoms with Crippen molar-refractivity contribution < 1.29 is 18.7 Å². The lowest BCUT2D eigenvalue weighted by Crippen LogP contribution is -2.31. The van der Waals surface area contributed by atoms with Crippen LogP contribution in [0.1, 0.15) is 47.3 Å². The smallest absolute Gasteiger partial charge is 0.374 e. The molecule has 1 aromatic carbocycles. The molecular formula is C21H23N3O4. The van der Waals surface area contributed by atoms with Crippen LogP contribution in [0.4, 0.5) is 0 Å². The first-order chi connectivity index (χ1) is 13.5. The van der Waals surface area contributed by atoms with Gasteiger partial charge in [-0.05, 0) is 42.7 Å². The molecule has 1 unspecified atom stereocenters. The van der Waals surface area contributed by atoms with Gasteiger partial charge in [0.15, 0.2) is 6.61 Å². The lowest BCUT2D eigenvalue weighted by atomic mass is 10.1.